The molecule has 1 aromatic carbocycles. The minimum atomic E-state index is -0.0544. The Morgan fingerprint density at radius 3 is 2.60 bits per heavy atom. The summed E-state index contributed by atoms with van der Waals surface area (Å²) in [5, 5.41) is 5.16. The number of carbonyl (C=O) groups is 1. The number of rotatable bonds is 3. The number of halogens is 2. The van der Waals surface area contributed by atoms with E-state index in [9.17, 15) is 4.79 Å². The van der Waals surface area contributed by atoms with Gasteiger partial charge in [-0.15, -0.1) is 0 Å². The Bertz CT molecular complexity index is 775. The van der Waals surface area contributed by atoms with E-state index in [0.717, 1.165) is 5.52 Å². The molecule has 0 N–H and O–H groups in total. The number of fused-ring (bicyclic) bond motifs is 1. The monoisotopic (exact) mass is 304 g/mol. The lowest BCUT2D eigenvalue weighted by Gasteiger charge is -2.05. The van der Waals surface area contributed by atoms with E-state index in [2.05, 4.69) is 5.10 Å². The van der Waals surface area contributed by atoms with Crippen molar-refractivity contribution in [1.82, 2.24) is 9.61 Å². The van der Waals surface area contributed by atoms with Gasteiger partial charge in [-0.25, -0.2) is 4.52 Å². The number of aromatic nitrogens is 2. The lowest BCUT2D eigenvalue weighted by molar-refractivity contribution is 0.0994. The molecule has 0 spiro atoms. The van der Waals surface area contributed by atoms with Gasteiger partial charge < -0.3 is 0 Å². The van der Waals surface area contributed by atoms with Crippen LogP contribution in [0.2, 0.25) is 10.0 Å². The first kappa shape index (κ1) is 13.2. The summed E-state index contributed by atoms with van der Waals surface area (Å²) in [6, 6.07) is 10.8. The molecule has 20 heavy (non-hydrogen) atoms. The van der Waals surface area contributed by atoms with Crippen LogP contribution in [0, 0.1) is 0 Å². The van der Waals surface area contributed by atoms with E-state index in [4.69, 9.17) is 23.2 Å². The largest absolute Gasteiger partial charge is 0.294 e. The van der Waals surface area contributed by atoms with Gasteiger partial charge in [-0.2, -0.15) is 5.10 Å². The summed E-state index contributed by atoms with van der Waals surface area (Å²) >= 11 is 12.2. The Balaban J connectivity index is 1.98. The fraction of sp³-hybridized carbons (Fsp3) is 0.0667. The smallest absolute Gasteiger partial charge is 0.171 e. The number of ketones is 1. The Hall–Kier alpha value is -1.84. The van der Waals surface area contributed by atoms with Gasteiger partial charge in [0.2, 0.25) is 0 Å². The zero-order valence-electron chi connectivity index (χ0n) is 10.4. The predicted molar refractivity (Wildman–Crippen MR) is 79.7 cm³/mol. The van der Waals surface area contributed by atoms with Gasteiger partial charge in [-0.05, 0) is 29.8 Å². The maximum atomic E-state index is 12.4. The summed E-state index contributed by atoms with van der Waals surface area (Å²) in [6.45, 7) is 0. The van der Waals surface area contributed by atoms with Gasteiger partial charge in [0.05, 0.1) is 17.3 Å². The number of hydrogen-bond donors (Lipinski definition) is 0. The van der Waals surface area contributed by atoms with Crippen molar-refractivity contribution < 1.29 is 4.79 Å². The number of carbonyl (C=O) groups excluding carboxylic acids is 1. The first-order chi connectivity index (χ1) is 9.66. The predicted octanol–water partition coefficient (Wildman–Crippen LogP) is 4.07. The third-order valence-corrected chi connectivity index (χ3v) is 3.83. The van der Waals surface area contributed by atoms with Gasteiger partial charge in [0.25, 0.3) is 0 Å². The van der Waals surface area contributed by atoms with Gasteiger partial charge in [0, 0.05) is 22.7 Å². The van der Waals surface area contributed by atoms with Gasteiger partial charge in [0.15, 0.2) is 5.78 Å². The second-order valence-corrected chi connectivity index (χ2v) is 5.20. The number of Topliss-reactive ketones (excluding diaryl/α,β-unsaturated/α-hetero) is 1. The van der Waals surface area contributed by atoms with Crippen LogP contribution < -0.4 is 0 Å². The number of nitrogens with zero attached hydrogens (tertiary/aromatic N) is 2. The van der Waals surface area contributed by atoms with E-state index < -0.39 is 0 Å². The third-order valence-electron chi connectivity index (χ3n) is 3.13. The molecule has 3 rings (SSSR count). The highest BCUT2D eigenvalue weighted by molar-refractivity contribution is 6.36. The maximum absolute atomic E-state index is 12.4. The quantitative estimate of drug-likeness (QED) is 0.684. The van der Waals surface area contributed by atoms with E-state index >= 15 is 0 Å². The normalized spacial score (nSPS) is 10.9. The van der Waals surface area contributed by atoms with Crippen LogP contribution in [0.4, 0.5) is 0 Å². The molecule has 0 fully saturated rings. The van der Waals surface area contributed by atoms with Crippen LogP contribution in [0.3, 0.4) is 0 Å². The summed E-state index contributed by atoms with van der Waals surface area (Å²) < 4.78 is 1.67. The maximum Gasteiger partial charge on any atom is 0.171 e. The molecule has 0 unspecified atom stereocenters. The van der Waals surface area contributed by atoms with Crippen molar-refractivity contribution in [1.29, 1.82) is 0 Å². The molecule has 0 aliphatic heterocycles. The lowest BCUT2D eigenvalue weighted by atomic mass is 10.0. The van der Waals surface area contributed by atoms with E-state index in [0.29, 0.717) is 21.2 Å². The summed E-state index contributed by atoms with van der Waals surface area (Å²) in [5.41, 5.74) is 2.00. The molecular weight excluding hydrogens is 295 g/mol. The van der Waals surface area contributed by atoms with Gasteiger partial charge >= 0.3 is 0 Å². The zero-order valence-corrected chi connectivity index (χ0v) is 11.9. The molecule has 3 aromatic rings. The lowest BCUT2D eigenvalue weighted by Crippen LogP contribution is -2.04. The first-order valence-electron chi connectivity index (χ1n) is 6.05. The molecule has 0 bridgehead atoms. The minimum Gasteiger partial charge on any atom is -0.294 e. The molecular formula is C15H10Cl2N2O. The van der Waals surface area contributed by atoms with Crippen LogP contribution >= 0.6 is 23.2 Å². The van der Waals surface area contributed by atoms with E-state index in [-0.39, 0.29) is 12.2 Å². The first-order valence-corrected chi connectivity index (χ1v) is 6.81. The number of benzene rings is 1. The molecule has 0 saturated heterocycles. The molecule has 100 valence electrons. The van der Waals surface area contributed by atoms with E-state index in [1.165, 1.54) is 0 Å². The summed E-state index contributed by atoms with van der Waals surface area (Å²) in [6.07, 6.45) is 3.53. The molecule has 0 radical (unpaired) electrons. The number of hydrogen-bond acceptors (Lipinski definition) is 2. The molecule has 5 heteroatoms. The van der Waals surface area contributed by atoms with Crippen LogP contribution in [-0.2, 0) is 6.42 Å². The van der Waals surface area contributed by atoms with Crippen LogP contribution in [-0.4, -0.2) is 15.4 Å². The van der Waals surface area contributed by atoms with Crippen LogP contribution in [0.1, 0.15) is 15.9 Å². The fourth-order valence-electron chi connectivity index (χ4n) is 2.11. The van der Waals surface area contributed by atoms with Crippen molar-refractivity contribution in [2.24, 2.45) is 0 Å². The number of pyridine rings is 1. The molecule has 0 atom stereocenters. The van der Waals surface area contributed by atoms with Crippen molar-refractivity contribution >= 4 is 34.5 Å². The van der Waals surface area contributed by atoms with Crippen molar-refractivity contribution in [3.63, 3.8) is 0 Å². The zero-order chi connectivity index (χ0) is 14.1. The molecule has 2 aromatic heterocycles. The van der Waals surface area contributed by atoms with Crippen LogP contribution in [0.25, 0.3) is 5.52 Å². The van der Waals surface area contributed by atoms with Crippen LogP contribution in [0.15, 0.2) is 48.8 Å². The molecule has 0 saturated carbocycles. The second kappa shape index (κ2) is 5.27. The van der Waals surface area contributed by atoms with E-state index in [1.807, 2.05) is 18.2 Å². The van der Waals surface area contributed by atoms with Crippen molar-refractivity contribution in [2.75, 3.05) is 0 Å². The molecule has 0 amide bonds. The van der Waals surface area contributed by atoms with Crippen molar-refractivity contribution in [3.8, 4) is 0 Å². The van der Waals surface area contributed by atoms with Gasteiger partial charge in [-0.1, -0.05) is 35.3 Å². The Morgan fingerprint density at radius 2 is 1.85 bits per heavy atom. The van der Waals surface area contributed by atoms with Gasteiger partial charge in [0.1, 0.15) is 0 Å². The molecule has 0 aliphatic carbocycles. The highest BCUT2D eigenvalue weighted by atomic mass is 35.5. The fourth-order valence-corrected chi connectivity index (χ4v) is 2.64. The molecule has 3 nitrogen and oxygen atoms in total. The Morgan fingerprint density at radius 1 is 1.10 bits per heavy atom. The highest BCUT2D eigenvalue weighted by Gasteiger charge is 2.16. The highest BCUT2D eigenvalue weighted by Crippen LogP contribution is 2.26. The molecule has 2 heterocycles. The van der Waals surface area contributed by atoms with Crippen molar-refractivity contribution in [3.05, 3.63) is 70.0 Å². The van der Waals surface area contributed by atoms with Crippen molar-refractivity contribution in [2.45, 2.75) is 6.42 Å². The molecule has 0 aliphatic rings. The van der Waals surface area contributed by atoms with Crippen LogP contribution in [0.5, 0.6) is 0 Å². The van der Waals surface area contributed by atoms with E-state index in [1.54, 1.807) is 35.1 Å². The summed E-state index contributed by atoms with van der Waals surface area (Å²) in [4.78, 5) is 12.4. The Kier molecular flexibility index (Phi) is 3.47. The SMILES string of the molecule is O=C(Cc1c(Cl)cccc1Cl)c1cnn2ccccc12. The topological polar surface area (TPSA) is 34.4 Å². The summed E-state index contributed by atoms with van der Waals surface area (Å²) in [5.74, 6) is -0.0544. The van der Waals surface area contributed by atoms with Gasteiger partial charge in [-0.3, -0.25) is 4.79 Å². The Labute approximate surface area is 125 Å². The standard InChI is InChI=1S/C15H10Cl2N2O/c16-12-4-3-5-13(17)10(12)8-15(20)11-9-18-19-7-2-1-6-14(11)19/h1-7,9H,8H2. The third kappa shape index (κ3) is 2.30. The average Bonchev–Trinajstić information content (AvgIpc) is 2.87. The average molecular weight is 305 g/mol. The minimum absolute atomic E-state index is 0.0544. The second-order valence-electron chi connectivity index (χ2n) is 4.39. The summed E-state index contributed by atoms with van der Waals surface area (Å²) in [7, 11) is 0.